The summed E-state index contributed by atoms with van der Waals surface area (Å²) >= 11 is 0. The quantitative estimate of drug-likeness (QED) is 0.517. The predicted octanol–water partition coefficient (Wildman–Crippen LogP) is 2.00. The highest BCUT2D eigenvalue weighted by molar-refractivity contribution is 5.71. The van der Waals surface area contributed by atoms with E-state index in [2.05, 4.69) is 6.08 Å². The molecule has 0 aromatic heterocycles. The highest BCUT2D eigenvalue weighted by Crippen LogP contribution is 2.34. The van der Waals surface area contributed by atoms with Crippen molar-refractivity contribution in [3.63, 3.8) is 0 Å². The standard InChI is InChI=1S/C13H19NO3/c1-13(2,3)17-12(16)14-7-9-4-5-11(14)10(6-9)8-15/h4-5,8-11H,6-7H2,1-3H3/t9-,10-,11+/m1/s1. The van der Waals surface area contributed by atoms with Gasteiger partial charge in [-0.1, -0.05) is 12.2 Å². The van der Waals surface area contributed by atoms with E-state index in [0.29, 0.717) is 12.5 Å². The Kier molecular flexibility index (Phi) is 2.98. The summed E-state index contributed by atoms with van der Waals surface area (Å²) in [7, 11) is 0. The molecule has 3 rings (SSSR count). The number of hydrogen-bond donors (Lipinski definition) is 0. The van der Waals surface area contributed by atoms with E-state index in [1.165, 1.54) is 0 Å². The number of carbonyl (C=O) groups excluding carboxylic acids is 2. The molecule has 1 aliphatic carbocycles. The van der Waals surface area contributed by atoms with Crippen LogP contribution in [0.15, 0.2) is 12.2 Å². The van der Waals surface area contributed by atoms with Crippen molar-refractivity contribution in [2.45, 2.75) is 38.8 Å². The van der Waals surface area contributed by atoms with Crippen LogP contribution in [0.4, 0.5) is 4.79 Å². The summed E-state index contributed by atoms with van der Waals surface area (Å²) in [6.45, 7) is 6.21. The van der Waals surface area contributed by atoms with Crippen molar-refractivity contribution in [2.75, 3.05) is 6.54 Å². The average Bonchev–Trinajstić information content (AvgIpc) is 2.27. The number of fused-ring (bicyclic) bond motifs is 2. The van der Waals surface area contributed by atoms with Crippen LogP contribution in [0.3, 0.4) is 0 Å². The molecule has 17 heavy (non-hydrogen) atoms. The van der Waals surface area contributed by atoms with Gasteiger partial charge in [0.05, 0.1) is 6.04 Å². The van der Waals surface area contributed by atoms with Gasteiger partial charge < -0.3 is 14.4 Å². The minimum atomic E-state index is -0.492. The third-order valence-electron chi connectivity index (χ3n) is 3.19. The van der Waals surface area contributed by atoms with Crippen LogP contribution in [-0.4, -0.2) is 35.5 Å². The van der Waals surface area contributed by atoms with Crippen molar-refractivity contribution in [1.82, 2.24) is 4.90 Å². The molecule has 0 aromatic carbocycles. The lowest BCUT2D eigenvalue weighted by Gasteiger charge is -2.44. The van der Waals surface area contributed by atoms with Crippen molar-refractivity contribution in [3.8, 4) is 0 Å². The lowest BCUT2D eigenvalue weighted by atomic mass is 9.78. The molecule has 1 fully saturated rings. The Morgan fingerprint density at radius 3 is 2.65 bits per heavy atom. The molecule has 2 bridgehead atoms. The third-order valence-corrected chi connectivity index (χ3v) is 3.19. The first-order chi connectivity index (χ1) is 7.90. The number of ether oxygens (including phenoxy) is 1. The van der Waals surface area contributed by atoms with Crippen molar-refractivity contribution in [1.29, 1.82) is 0 Å². The normalized spacial score (nSPS) is 31.5. The molecular weight excluding hydrogens is 218 g/mol. The van der Waals surface area contributed by atoms with Crippen LogP contribution < -0.4 is 0 Å². The molecule has 0 saturated carbocycles. The van der Waals surface area contributed by atoms with Crippen molar-refractivity contribution >= 4 is 12.4 Å². The first-order valence-electron chi connectivity index (χ1n) is 6.04. The zero-order valence-corrected chi connectivity index (χ0v) is 10.6. The van der Waals surface area contributed by atoms with E-state index in [9.17, 15) is 9.59 Å². The fourth-order valence-corrected chi connectivity index (χ4v) is 2.48. The van der Waals surface area contributed by atoms with Crippen LogP contribution in [0, 0.1) is 11.8 Å². The molecular formula is C13H19NO3. The van der Waals surface area contributed by atoms with Crippen LogP contribution in [0.5, 0.6) is 0 Å². The maximum atomic E-state index is 12.0. The van der Waals surface area contributed by atoms with Gasteiger partial charge in [-0.25, -0.2) is 4.79 Å². The molecule has 0 spiro atoms. The van der Waals surface area contributed by atoms with Gasteiger partial charge in [0.15, 0.2) is 0 Å². The third kappa shape index (κ3) is 2.51. The van der Waals surface area contributed by atoms with Crippen molar-refractivity contribution < 1.29 is 14.3 Å². The van der Waals surface area contributed by atoms with Gasteiger partial charge >= 0.3 is 6.09 Å². The van der Waals surface area contributed by atoms with E-state index in [0.717, 1.165) is 12.7 Å². The molecule has 94 valence electrons. The lowest BCUT2D eigenvalue weighted by molar-refractivity contribution is -0.114. The van der Waals surface area contributed by atoms with E-state index in [1.54, 1.807) is 4.90 Å². The Bertz CT molecular complexity index is 356. The van der Waals surface area contributed by atoms with Crippen molar-refractivity contribution in [2.24, 2.45) is 11.8 Å². The maximum absolute atomic E-state index is 12.0. The summed E-state index contributed by atoms with van der Waals surface area (Å²) in [5.74, 6) is 0.217. The van der Waals surface area contributed by atoms with Gasteiger partial charge in [-0.05, 0) is 33.1 Å². The van der Waals surface area contributed by atoms with Gasteiger partial charge in [-0.2, -0.15) is 0 Å². The van der Waals surface area contributed by atoms with E-state index in [4.69, 9.17) is 4.74 Å². The Morgan fingerprint density at radius 2 is 2.12 bits per heavy atom. The van der Waals surface area contributed by atoms with Gasteiger partial charge in [-0.3, -0.25) is 0 Å². The summed E-state index contributed by atoms with van der Waals surface area (Å²) in [6.07, 6.45) is 5.55. The summed E-state index contributed by atoms with van der Waals surface area (Å²) in [6, 6.07) is -0.118. The van der Waals surface area contributed by atoms with Crippen LogP contribution in [0.1, 0.15) is 27.2 Å². The zero-order valence-electron chi connectivity index (χ0n) is 10.6. The molecule has 3 atom stereocenters. The fourth-order valence-electron chi connectivity index (χ4n) is 2.48. The highest BCUT2D eigenvalue weighted by atomic mass is 16.6. The Morgan fingerprint density at radius 1 is 1.41 bits per heavy atom. The van der Waals surface area contributed by atoms with Gasteiger partial charge in [0.1, 0.15) is 11.9 Å². The first-order valence-corrected chi connectivity index (χ1v) is 6.04. The van der Waals surface area contributed by atoms with Gasteiger partial charge in [0.25, 0.3) is 0 Å². The van der Waals surface area contributed by atoms with E-state index < -0.39 is 5.60 Å². The second-order valence-corrected chi connectivity index (χ2v) is 5.80. The lowest BCUT2D eigenvalue weighted by Crippen LogP contribution is -2.54. The molecule has 3 aliphatic rings. The SMILES string of the molecule is CC(C)(C)OC(=O)N1C[C@@H]2C=C[C@H]1[C@@H](C=O)C2. The second-order valence-electron chi connectivity index (χ2n) is 5.80. The van der Waals surface area contributed by atoms with Crippen molar-refractivity contribution in [3.05, 3.63) is 12.2 Å². The molecule has 0 N–H and O–H groups in total. The molecule has 0 unspecified atom stereocenters. The second kappa shape index (κ2) is 4.17. The number of hydrogen-bond acceptors (Lipinski definition) is 3. The monoisotopic (exact) mass is 237 g/mol. The smallest absolute Gasteiger partial charge is 0.410 e. The molecule has 2 aliphatic heterocycles. The first kappa shape index (κ1) is 12.1. The molecule has 2 heterocycles. The predicted molar refractivity (Wildman–Crippen MR) is 63.5 cm³/mol. The molecule has 4 nitrogen and oxygen atoms in total. The zero-order chi connectivity index (χ0) is 12.6. The Balaban J connectivity index is 2.10. The van der Waals surface area contributed by atoms with Gasteiger partial charge in [-0.15, -0.1) is 0 Å². The number of piperidine rings is 1. The molecule has 0 radical (unpaired) electrons. The molecule has 4 heteroatoms. The number of rotatable bonds is 1. The van der Waals surface area contributed by atoms with Gasteiger partial charge in [0.2, 0.25) is 0 Å². The van der Waals surface area contributed by atoms with E-state index >= 15 is 0 Å². The molecule has 1 amide bonds. The van der Waals surface area contributed by atoms with Gasteiger partial charge in [0, 0.05) is 12.5 Å². The summed E-state index contributed by atoms with van der Waals surface area (Å²) < 4.78 is 5.36. The fraction of sp³-hybridized carbons (Fsp3) is 0.692. The van der Waals surface area contributed by atoms with E-state index in [-0.39, 0.29) is 18.1 Å². The Labute approximate surface area is 102 Å². The van der Waals surface area contributed by atoms with Crippen LogP contribution in [-0.2, 0) is 9.53 Å². The summed E-state index contributed by atoms with van der Waals surface area (Å²) in [4.78, 5) is 24.7. The number of aldehydes is 1. The largest absolute Gasteiger partial charge is 0.444 e. The molecule has 0 aromatic rings. The Hall–Kier alpha value is -1.32. The van der Waals surface area contributed by atoms with Crippen LogP contribution in [0.25, 0.3) is 0 Å². The minimum Gasteiger partial charge on any atom is -0.444 e. The van der Waals surface area contributed by atoms with Crippen LogP contribution in [0.2, 0.25) is 0 Å². The average molecular weight is 237 g/mol. The number of carbonyl (C=O) groups is 2. The highest BCUT2D eigenvalue weighted by Gasteiger charge is 2.41. The number of nitrogens with zero attached hydrogens (tertiary/aromatic N) is 1. The number of amides is 1. The minimum absolute atomic E-state index is 0.0775. The van der Waals surface area contributed by atoms with Crippen LogP contribution >= 0.6 is 0 Å². The molecule has 1 saturated heterocycles. The topological polar surface area (TPSA) is 46.6 Å². The maximum Gasteiger partial charge on any atom is 0.410 e. The van der Waals surface area contributed by atoms with E-state index in [1.807, 2.05) is 26.8 Å². The summed E-state index contributed by atoms with van der Waals surface area (Å²) in [5, 5.41) is 0. The summed E-state index contributed by atoms with van der Waals surface area (Å²) in [5.41, 5.74) is -0.492.